The minimum absolute atomic E-state index is 0.126. The normalized spacial score (nSPS) is 14.7. The van der Waals surface area contributed by atoms with Crippen molar-refractivity contribution in [3.05, 3.63) is 59.3 Å². The van der Waals surface area contributed by atoms with Crippen LogP contribution in [0.3, 0.4) is 0 Å². The van der Waals surface area contributed by atoms with E-state index in [0.29, 0.717) is 18.0 Å². The summed E-state index contributed by atoms with van der Waals surface area (Å²) in [7, 11) is 3.25. The fourth-order valence-corrected chi connectivity index (χ4v) is 4.13. The fraction of sp³-hybridized carbons (Fsp3) is 0.348. The molecule has 28 heavy (non-hydrogen) atoms. The second-order valence-corrected chi connectivity index (χ2v) is 7.45. The first-order valence-electron chi connectivity index (χ1n) is 9.66. The van der Waals surface area contributed by atoms with E-state index in [2.05, 4.69) is 29.4 Å². The number of hydrogen-bond acceptors (Lipinski definition) is 3. The van der Waals surface area contributed by atoms with Crippen LogP contribution in [0.2, 0.25) is 0 Å². The van der Waals surface area contributed by atoms with Crippen molar-refractivity contribution in [2.75, 3.05) is 20.8 Å². The van der Waals surface area contributed by atoms with Gasteiger partial charge in [0, 0.05) is 23.1 Å². The van der Waals surface area contributed by atoms with Crippen molar-refractivity contribution >= 4 is 16.8 Å². The number of carbonyl (C=O) groups is 1. The van der Waals surface area contributed by atoms with E-state index < -0.39 is 0 Å². The van der Waals surface area contributed by atoms with Crippen LogP contribution in [0.5, 0.6) is 11.5 Å². The number of amides is 1. The lowest BCUT2D eigenvalue weighted by Crippen LogP contribution is -2.36. The van der Waals surface area contributed by atoms with E-state index in [9.17, 15) is 4.79 Å². The first-order chi connectivity index (χ1) is 13.6. The van der Waals surface area contributed by atoms with Gasteiger partial charge in [0.15, 0.2) is 11.5 Å². The largest absolute Gasteiger partial charge is 0.493 e. The SMILES string of the molecule is COc1ccc(CCNC(=O)C2(c3c(C)[nH]c4ccccc34)CC2)cc1OC. The average Bonchev–Trinajstić information content (AvgIpc) is 3.44. The molecule has 1 aliphatic rings. The molecule has 0 atom stereocenters. The lowest BCUT2D eigenvalue weighted by molar-refractivity contribution is -0.123. The Kier molecular flexibility index (Phi) is 4.75. The molecule has 1 aliphatic carbocycles. The van der Waals surface area contributed by atoms with Crippen LogP contribution in [0, 0.1) is 6.92 Å². The molecular formula is C23H26N2O3. The number of aromatic nitrogens is 1. The number of aromatic amines is 1. The van der Waals surface area contributed by atoms with E-state index in [-0.39, 0.29) is 11.3 Å². The summed E-state index contributed by atoms with van der Waals surface area (Å²) in [6.45, 7) is 2.66. The highest BCUT2D eigenvalue weighted by Crippen LogP contribution is 2.51. The number of para-hydroxylation sites is 1. The summed E-state index contributed by atoms with van der Waals surface area (Å²) < 4.78 is 10.6. The molecule has 1 heterocycles. The number of rotatable bonds is 7. The second-order valence-electron chi connectivity index (χ2n) is 7.45. The van der Waals surface area contributed by atoms with E-state index in [1.54, 1.807) is 14.2 Å². The van der Waals surface area contributed by atoms with E-state index in [4.69, 9.17) is 9.47 Å². The van der Waals surface area contributed by atoms with Gasteiger partial charge in [0.05, 0.1) is 19.6 Å². The van der Waals surface area contributed by atoms with Crippen molar-refractivity contribution in [3.63, 3.8) is 0 Å². The Hall–Kier alpha value is -2.95. The van der Waals surface area contributed by atoms with Crippen molar-refractivity contribution in [2.45, 2.75) is 31.6 Å². The number of carbonyl (C=O) groups excluding carboxylic acids is 1. The molecule has 1 aromatic heterocycles. The molecule has 0 spiro atoms. The van der Waals surface area contributed by atoms with E-state index in [1.807, 2.05) is 30.3 Å². The maximum Gasteiger partial charge on any atom is 0.230 e. The Labute approximate surface area is 165 Å². The van der Waals surface area contributed by atoms with Gasteiger partial charge in [0.1, 0.15) is 0 Å². The van der Waals surface area contributed by atoms with Gasteiger partial charge < -0.3 is 19.8 Å². The molecule has 0 radical (unpaired) electrons. The number of benzene rings is 2. The first-order valence-corrected chi connectivity index (χ1v) is 9.66. The molecule has 1 amide bonds. The van der Waals surface area contributed by atoms with Crippen LogP contribution in [-0.4, -0.2) is 31.7 Å². The standard InChI is InChI=1S/C23H26N2O3/c1-15-21(17-6-4-5-7-18(17)25-15)23(11-12-23)22(26)24-13-10-16-8-9-19(27-2)20(14-16)28-3/h4-9,14,25H,10-13H2,1-3H3,(H,24,26). The molecule has 0 aliphatic heterocycles. The molecule has 3 aromatic rings. The summed E-state index contributed by atoms with van der Waals surface area (Å²) in [6, 6.07) is 14.1. The molecule has 4 rings (SSSR count). The third-order valence-corrected chi connectivity index (χ3v) is 5.70. The summed E-state index contributed by atoms with van der Waals surface area (Å²) in [4.78, 5) is 16.5. The maximum atomic E-state index is 13.1. The molecule has 2 N–H and O–H groups in total. The van der Waals surface area contributed by atoms with Crippen LogP contribution in [-0.2, 0) is 16.6 Å². The Bertz CT molecular complexity index is 1020. The van der Waals surface area contributed by atoms with E-state index in [1.165, 1.54) is 0 Å². The monoisotopic (exact) mass is 378 g/mol. The third kappa shape index (κ3) is 3.11. The van der Waals surface area contributed by atoms with Gasteiger partial charge in [0.2, 0.25) is 5.91 Å². The topological polar surface area (TPSA) is 63.3 Å². The quantitative estimate of drug-likeness (QED) is 0.656. The summed E-state index contributed by atoms with van der Waals surface area (Å²) in [5.41, 5.74) is 4.06. The van der Waals surface area contributed by atoms with Gasteiger partial charge in [-0.25, -0.2) is 0 Å². The Morgan fingerprint density at radius 2 is 1.86 bits per heavy atom. The van der Waals surface area contributed by atoms with Crippen LogP contribution < -0.4 is 14.8 Å². The van der Waals surface area contributed by atoms with Gasteiger partial charge in [-0.2, -0.15) is 0 Å². The predicted molar refractivity (Wildman–Crippen MR) is 110 cm³/mol. The van der Waals surface area contributed by atoms with E-state index in [0.717, 1.165) is 47.0 Å². The highest BCUT2D eigenvalue weighted by atomic mass is 16.5. The molecule has 5 heteroatoms. The van der Waals surface area contributed by atoms with Gasteiger partial charge in [0.25, 0.3) is 0 Å². The zero-order valence-corrected chi connectivity index (χ0v) is 16.6. The molecule has 0 unspecified atom stereocenters. The Balaban J connectivity index is 1.46. The van der Waals surface area contributed by atoms with Crippen molar-refractivity contribution in [1.82, 2.24) is 10.3 Å². The first kappa shape index (κ1) is 18.4. The molecule has 2 aromatic carbocycles. The summed E-state index contributed by atoms with van der Waals surface area (Å²) >= 11 is 0. The number of nitrogens with one attached hydrogen (secondary N) is 2. The second kappa shape index (κ2) is 7.23. The Morgan fingerprint density at radius 3 is 2.57 bits per heavy atom. The minimum Gasteiger partial charge on any atom is -0.493 e. The summed E-state index contributed by atoms with van der Waals surface area (Å²) in [5, 5.41) is 4.32. The van der Waals surface area contributed by atoms with Crippen molar-refractivity contribution in [2.24, 2.45) is 0 Å². The summed E-state index contributed by atoms with van der Waals surface area (Å²) in [6.07, 6.45) is 2.55. The molecule has 1 saturated carbocycles. The third-order valence-electron chi connectivity index (χ3n) is 5.70. The van der Waals surface area contributed by atoms with Crippen LogP contribution in [0.15, 0.2) is 42.5 Å². The van der Waals surface area contributed by atoms with E-state index >= 15 is 0 Å². The number of ether oxygens (including phenoxy) is 2. The van der Waals surface area contributed by atoms with Gasteiger partial charge in [-0.05, 0) is 55.5 Å². The zero-order chi connectivity index (χ0) is 19.7. The zero-order valence-electron chi connectivity index (χ0n) is 16.6. The van der Waals surface area contributed by atoms with Crippen LogP contribution >= 0.6 is 0 Å². The maximum absolute atomic E-state index is 13.1. The smallest absolute Gasteiger partial charge is 0.230 e. The van der Waals surface area contributed by atoms with Crippen LogP contribution in [0.1, 0.15) is 29.7 Å². The molecule has 0 saturated heterocycles. The fourth-order valence-electron chi connectivity index (χ4n) is 4.13. The highest BCUT2D eigenvalue weighted by Gasteiger charge is 2.53. The van der Waals surface area contributed by atoms with Gasteiger partial charge in [-0.1, -0.05) is 24.3 Å². The van der Waals surface area contributed by atoms with Gasteiger partial charge >= 0.3 is 0 Å². The van der Waals surface area contributed by atoms with Crippen LogP contribution in [0.25, 0.3) is 10.9 Å². The lowest BCUT2D eigenvalue weighted by atomic mass is 9.92. The van der Waals surface area contributed by atoms with Crippen molar-refractivity contribution in [1.29, 1.82) is 0 Å². The molecule has 1 fully saturated rings. The molecular weight excluding hydrogens is 352 g/mol. The predicted octanol–water partition coefficient (Wildman–Crippen LogP) is 3.88. The van der Waals surface area contributed by atoms with Gasteiger partial charge in [-0.15, -0.1) is 0 Å². The molecule has 5 nitrogen and oxygen atoms in total. The number of hydrogen-bond donors (Lipinski definition) is 2. The number of methoxy groups -OCH3 is 2. The molecule has 0 bridgehead atoms. The number of H-pyrrole nitrogens is 1. The van der Waals surface area contributed by atoms with Crippen LogP contribution in [0.4, 0.5) is 0 Å². The lowest BCUT2D eigenvalue weighted by Gasteiger charge is -2.17. The number of fused-ring (bicyclic) bond motifs is 1. The average molecular weight is 378 g/mol. The van der Waals surface area contributed by atoms with Crippen molar-refractivity contribution < 1.29 is 14.3 Å². The van der Waals surface area contributed by atoms with Gasteiger partial charge in [-0.3, -0.25) is 4.79 Å². The number of aryl methyl sites for hydroxylation is 1. The Morgan fingerprint density at radius 1 is 1.11 bits per heavy atom. The summed E-state index contributed by atoms with van der Waals surface area (Å²) in [5.74, 6) is 1.54. The molecule has 146 valence electrons. The highest BCUT2D eigenvalue weighted by molar-refractivity contribution is 5.98. The van der Waals surface area contributed by atoms with Crippen molar-refractivity contribution in [3.8, 4) is 11.5 Å². The minimum atomic E-state index is -0.388.